The summed E-state index contributed by atoms with van der Waals surface area (Å²) in [7, 11) is 1.77. The Kier molecular flexibility index (Phi) is 6.78. The number of anilines is 1. The molecule has 0 spiro atoms. The first-order chi connectivity index (χ1) is 18.5. The van der Waals surface area contributed by atoms with Gasteiger partial charge in [0.25, 0.3) is 0 Å². The number of hydrogen-bond donors (Lipinski definition) is 1. The first kappa shape index (κ1) is 25.9. The highest BCUT2D eigenvalue weighted by atomic mass is 16.5. The lowest BCUT2D eigenvalue weighted by molar-refractivity contribution is -0.162. The van der Waals surface area contributed by atoms with E-state index in [1.807, 2.05) is 6.92 Å². The quantitative estimate of drug-likeness (QED) is 0.332. The molecule has 1 aromatic rings. The molecule has 1 heterocycles. The van der Waals surface area contributed by atoms with E-state index in [0.29, 0.717) is 18.3 Å². The molecule has 4 aliphatic carbocycles. The molecule has 0 aromatic heterocycles. The molecule has 38 heavy (non-hydrogen) atoms. The molecule has 0 amide bonds. The van der Waals surface area contributed by atoms with E-state index in [1.54, 1.807) is 12.7 Å². The molecule has 0 bridgehead atoms. The number of hydrogen-bond acceptors (Lipinski definition) is 5. The Bertz CT molecular complexity index is 1180. The summed E-state index contributed by atoms with van der Waals surface area (Å²) >= 11 is 0. The standard InChI is InChI=1S/C33H44N2O3/c1-4-30(36)33(38-3)17-16-29-27-14-10-23-20-24(34-37)11-15-26(23)31(27)28(21-32(29,33)2)22-8-12-25(13-9-22)35-18-6-5-7-19-35/h8-9,12-13,20,27-29,37H,4-7,10-11,14-19,21H2,1-3H3/b34-24+/t27?,28-,29?,32+,33+/m1/s1. The summed E-state index contributed by atoms with van der Waals surface area (Å²) in [5.41, 5.74) is 7.14. The SMILES string of the molecule is CCC(=O)[C@@]1(OC)CCC2C3CCC4=C/C(=N/O)CCC4=C3[C@@H](c3ccc(N4CCCCC4)cc3)C[C@@]21C. The fourth-order valence-electron chi connectivity index (χ4n) is 9.30. The third-order valence-electron chi connectivity index (χ3n) is 11.1. The van der Waals surface area contributed by atoms with Crippen molar-refractivity contribution in [2.24, 2.45) is 22.4 Å². The van der Waals surface area contributed by atoms with Crippen molar-refractivity contribution < 1.29 is 14.7 Å². The highest BCUT2D eigenvalue weighted by Crippen LogP contribution is 2.67. The molecule has 3 fully saturated rings. The minimum atomic E-state index is -0.687. The maximum atomic E-state index is 13.6. The molecule has 5 nitrogen and oxygen atoms in total. The van der Waals surface area contributed by atoms with Crippen molar-refractivity contribution in [3.63, 3.8) is 0 Å². The van der Waals surface area contributed by atoms with Crippen molar-refractivity contribution in [3.8, 4) is 0 Å². The topological polar surface area (TPSA) is 62.1 Å². The van der Waals surface area contributed by atoms with Gasteiger partial charge in [-0.2, -0.15) is 0 Å². The molecule has 204 valence electrons. The second kappa shape index (κ2) is 9.97. The number of carbonyl (C=O) groups is 1. The van der Waals surface area contributed by atoms with Crippen molar-refractivity contribution in [3.05, 3.63) is 52.6 Å². The van der Waals surface area contributed by atoms with Crippen molar-refractivity contribution >= 4 is 17.2 Å². The number of benzene rings is 1. The molecule has 5 atom stereocenters. The Labute approximate surface area is 228 Å². The number of Topliss-reactive ketones (excluding diaryl/α,β-unsaturated/α-hetero) is 1. The molecular formula is C33H44N2O3. The van der Waals surface area contributed by atoms with E-state index in [2.05, 4.69) is 47.3 Å². The lowest BCUT2D eigenvalue weighted by Gasteiger charge is -2.55. The minimum absolute atomic E-state index is 0.187. The molecular weight excluding hydrogens is 472 g/mol. The maximum Gasteiger partial charge on any atom is 0.164 e. The summed E-state index contributed by atoms with van der Waals surface area (Å²) in [6, 6.07) is 9.41. The van der Waals surface area contributed by atoms with E-state index in [1.165, 1.54) is 41.7 Å². The van der Waals surface area contributed by atoms with E-state index in [0.717, 1.165) is 63.7 Å². The molecule has 1 N–H and O–H groups in total. The lowest BCUT2D eigenvalue weighted by Crippen LogP contribution is -2.56. The predicted octanol–water partition coefficient (Wildman–Crippen LogP) is 7.20. The van der Waals surface area contributed by atoms with Gasteiger partial charge < -0.3 is 14.8 Å². The highest BCUT2D eigenvalue weighted by Gasteiger charge is 2.66. The number of nitrogens with zero attached hydrogens (tertiary/aromatic N) is 2. The number of rotatable bonds is 5. The average Bonchev–Trinajstić information content (AvgIpc) is 3.29. The van der Waals surface area contributed by atoms with E-state index in [-0.39, 0.29) is 17.1 Å². The Hall–Kier alpha value is -2.40. The van der Waals surface area contributed by atoms with Gasteiger partial charge in [0, 0.05) is 43.6 Å². The normalized spacial score (nSPS) is 36.0. The van der Waals surface area contributed by atoms with Crippen LogP contribution in [0.5, 0.6) is 0 Å². The second-order valence-corrected chi connectivity index (χ2v) is 12.6. The fourth-order valence-corrected chi connectivity index (χ4v) is 9.30. The molecule has 0 radical (unpaired) electrons. The number of allylic oxidation sites excluding steroid dienone is 4. The molecule has 1 aromatic carbocycles. The molecule has 5 aliphatic rings. The van der Waals surface area contributed by atoms with Crippen LogP contribution in [0.3, 0.4) is 0 Å². The van der Waals surface area contributed by atoms with Gasteiger partial charge in [0.2, 0.25) is 0 Å². The number of ketones is 1. The molecule has 1 saturated heterocycles. The van der Waals surface area contributed by atoms with Gasteiger partial charge in [0.15, 0.2) is 5.78 Å². The first-order valence-corrected chi connectivity index (χ1v) is 15.0. The van der Waals surface area contributed by atoms with E-state index in [4.69, 9.17) is 4.74 Å². The van der Waals surface area contributed by atoms with Crippen LogP contribution >= 0.6 is 0 Å². The molecule has 1 aliphatic heterocycles. The zero-order valence-electron chi connectivity index (χ0n) is 23.5. The van der Waals surface area contributed by atoms with Gasteiger partial charge in [-0.1, -0.05) is 36.7 Å². The molecule has 2 saturated carbocycles. The van der Waals surface area contributed by atoms with Crippen LogP contribution in [0, 0.1) is 17.3 Å². The number of oxime groups is 1. The zero-order valence-corrected chi connectivity index (χ0v) is 23.5. The van der Waals surface area contributed by atoms with Crippen LogP contribution in [-0.2, 0) is 9.53 Å². The van der Waals surface area contributed by atoms with Gasteiger partial charge in [0.1, 0.15) is 5.60 Å². The van der Waals surface area contributed by atoms with Crippen molar-refractivity contribution in [1.82, 2.24) is 0 Å². The Morgan fingerprint density at radius 1 is 1.11 bits per heavy atom. The molecule has 5 heteroatoms. The summed E-state index contributed by atoms with van der Waals surface area (Å²) in [5, 5.41) is 13.0. The van der Waals surface area contributed by atoms with Crippen molar-refractivity contribution in [2.75, 3.05) is 25.1 Å². The van der Waals surface area contributed by atoms with Crippen LogP contribution in [0.4, 0.5) is 5.69 Å². The monoisotopic (exact) mass is 516 g/mol. The number of fused-ring (bicyclic) bond motifs is 4. The largest absolute Gasteiger partial charge is 0.411 e. The van der Waals surface area contributed by atoms with Gasteiger partial charge in [0.05, 0.1) is 5.71 Å². The van der Waals surface area contributed by atoms with Crippen molar-refractivity contribution in [2.45, 2.75) is 96.0 Å². The molecule has 2 unspecified atom stereocenters. The lowest BCUT2D eigenvalue weighted by atomic mass is 9.50. The number of ether oxygens (including phenoxy) is 1. The number of piperidine rings is 1. The van der Waals surface area contributed by atoms with Crippen LogP contribution in [0.2, 0.25) is 0 Å². The van der Waals surface area contributed by atoms with Crippen molar-refractivity contribution in [1.29, 1.82) is 0 Å². The number of methoxy groups -OCH3 is 1. The average molecular weight is 517 g/mol. The molecule has 6 rings (SSSR count). The van der Waals surface area contributed by atoms with Gasteiger partial charge in [-0.3, -0.25) is 4.79 Å². The highest BCUT2D eigenvalue weighted by molar-refractivity contribution is 5.97. The van der Waals surface area contributed by atoms with E-state index in [9.17, 15) is 10.0 Å². The third-order valence-corrected chi connectivity index (χ3v) is 11.1. The van der Waals surface area contributed by atoms with Gasteiger partial charge >= 0.3 is 0 Å². The van der Waals surface area contributed by atoms with Crippen LogP contribution in [-0.4, -0.2) is 42.5 Å². The second-order valence-electron chi connectivity index (χ2n) is 12.6. The summed E-state index contributed by atoms with van der Waals surface area (Å²) in [5.74, 6) is 1.49. The summed E-state index contributed by atoms with van der Waals surface area (Å²) in [6.07, 6.45) is 13.3. The Morgan fingerprint density at radius 2 is 1.87 bits per heavy atom. The first-order valence-electron chi connectivity index (χ1n) is 15.0. The zero-order chi connectivity index (χ0) is 26.5. The van der Waals surface area contributed by atoms with E-state index < -0.39 is 5.60 Å². The number of carbonyl (C=O) groups excluding carboxylic acids is 1. The summed E-state index contributed by atoms with van der Waals surface area (Å²) in [6.45, 7) is 6.67. The summed E-state index contributed by atoms with van der Waals surface area (Å²) < 4.78 is 6.29. The minimum Gasteiger partial charge on any atom is -0.411 e. The summed E-state index contributed by atoms with van der Waals surface area (Å²) in [4.78, 5) is 16.1. The third kappa shape index (κ3) is 3.83. The van der Waals surface area contributed by atoms with Gasteiger partial charge in [-0.15, -0.1) is 0 Å². The van der Waals surface area contributed by atoms with Gasteiger partial charge in [-0.25, -0.2) is 0 Å². The Morgan fingerprint density at radius 3 is 2.55 bits per heavy atom. The van der Waals surface area contributed by atoms with Crippen LogP contribution in [0.25, 0.3) is 0 Å². The van der Waals surface area contributed by atoms with Crippen LogP contribution in [0.1, 0.15) is 96.0 Å². The van der Waals surface area contributed by atoms with Crippen LogP contribution < -0.4 is 4.90 Å². The van der Waals surface area contributed by atoms with Gasteiger partial charge in [-0.05, 0) is 111 Å². The fraction of sp³-hybridized carbons (Fsp3) is 0.636. The van der Waals surface area contributed by atoms with Crippen LogP contribution in [0.15, 0.2) is 52.2 Å². The predicted molar refractivity (Wildman–Crippen MR) is 152 cm³/mol. The maximum absolute atomic E-state index is 13.6. The Balaban J connectivity index is 1.46. The smallest absolute Gasteiger partial charge is 0.164 e. The van der Waals surface area contributed by atoms with E-state index >= 15 is 0 Å².